The van der Waals surface area contributed by atoms with Crippen molar-refractivity contribution in [2.24, 2.45) is 0 Å². The molecule has 126 valence electrons. The highest BCUT2D eigenvalue weighted by molar-refractivity contribution is 6.99. The molecular formula is C22H28OSi. The van der Waals surface area contributed by atoms with Gasteiger partial charge in [-0.05, 0) is 22.3 Å². The van der Waals surface area contributed by atoms with Crippen LogP contribution in [0.1, 0.15) is 27.7 Å². The van der Waals surface area contributed by atoms with Crippen LogP contribution in [0.2, 0.25) is 5.04 Å². The van der Waals surface area contributed by atoms with Crippen LogP contribution in [0.3, 0.4) is 0 Å². The van der Waals surface area contributed by atoms with E-state index >= 15 is 0 Å². The summed E-state index contributed by atoms with van der Waals surface area (Å²) in [6, 6.07) is 21.4. The minimum Gasteiger partial charge on any atom is -0.404 e. The number of hydrogen-bond acceptors (Lipinski definition) is 1. The molecule has 0 heterocycles. The minimum atomic E-state index is -2.40. The van der Waals surface area contributed by atoms with E-state index in [-0.39, 0.29) is 5.04 Å². The van der Waals surface area contributed by atoms with Crippen molar-refractivity contribution in [3.05, 3.63) is 85.0 Å². The second kappa shape index (κ2) is 7.78. The van der Waals surface area contributed by atoms with Crippen LogP contribution in [0, 0.1) is 0 Å². The molecule has 2 heteroatoms. The Balaban J connectivity index is 2.55. The topological polar surface area (TPSA) is 9.23 Å². The predicted molar refractivity (Wildman–Crippen MR) is 108 cm³/mol. The van der Waals surface area contributed by atoms with Gasteiger partial charge in [0, 0.05) is 0 Å². The van der Waals surface area contributed by atoms with E-state index in [9.17, 15) is 0 Å². The molecule has 2 aromatic rings. The van der Waals surface area contributed by atoms with Gasteiger partial charge in [0.05, 0.1) is 6.61 Å². The molecule has 0 radical (unpaired) electrons. The summed E-state index contributed by atoms with van der Waals surface area (Å²) in [5, 5.41) is 2.65. The fraction of sp³-hybridized carbons (Fsp3) is 0.273. The van der Waals surface area contributed by atoms with Gasteiger partial charge in [0.2, 0.25) is 0 Å². The van der Waals surface area contributed by atoms with Crippen LogP contribution in [0.25, 0.3) is 0 Å². The number of allylic oxidation sites excluding steroid dienone is 2. The van der Waals surface area contributed by atoms with Crippen molar-refractivity contribution in [3.63, 3.8) is 0 Å². The van der Waals surface area contributed by atoms with Gasteiger partial charge in [0.25, 0.3) is 8.32 Å². The lowest BCUT2D eigenvalue weighted by molar-refractivity contribution is 0.339. The highest BCUT2D eigenvalue weighted by Crippen LogP contribution is 2.36. The van der Waals surface area contributed by atoms with Crippen LogP contribution in [0.5, 0.6) is 0 Å². The van der Waals surface area contributed by atoms with Crippen LogP contribution < -0.4 is 10.4 Å². The SMILES string of the molecule is C=C(C)/C=C/CO[Si](c1ccccc1)(c1ccccc1)C(C)(C)C. The van der Waals surface area contributed by atoms with Crippen molar-refractivity contribution in [2.45, 2.75) is 32.7 Å². The number of rotatable bonds is 6. The Kier molecular flexibility index (Phi) is 5.98. The minimum absolute atomic E-state index is 0.0206. The molecule has 2 rings (SSSR count). The van der Waals surface area contributed by atoms with Crippen LogP contribution in [-0.4, -0.2) is 14.9 Å². The Morgan fingerprint density at radius 3 is 1.79 bits per heavy atom. The Hall–Kier alpha value is -1.90. The standard InChI is InChI=1S/C22H28OSi/c1-19(2)13-12-18-23-24(22(3,4)5,20-14-8-6-9-15-20)21-16-10-7-11-17-21/h6-17H,1,18H2,2-5H3/b13-12+. The lowest BCUT2D eigenvalue weighted by Gasteiger charge is -2.42. The average Bonchev–Trinajstić information content (AvgIpc) is 2.55. The Morgan fingerprint density at radius 2 is 1.42 bits per heavy atom. The first-order valence-corrected chi connectivity index (χ1v) is 10.4. The van der Waals surface area contributed by atoms with Gasteiger partial charge in [0.1, 0.15) is 0 Å². The maximum atomic E-state index is 6.73. The third-order valence-corrected chi connectivity index (χ3v) is 9.22. The van der Waals surface area contributed by atoms with Gasteiger partial charge in [-0.25, -0.2) is 0 Å². The molecule has 0 aliphatic heterocycles. The molecule has 0 saturated heterocycles. The van der Waals surface area contributed by atoms with Gasteiger partial charge in [-0.2, -0.15) is 0 Å². The monoisotopic (exact) mass is 336 g/mol. The third-order valence-electron chi connectivity index (χ3n) is 4.22. The van der Waals surface area contributed by atoms with Crippen molar-refractivity contribution in [1.82, 2.24) is 0 Å². The largest absolute Gasteiger partial charge is 0.404 e. The molecule has 24 heavy (non-hydrogen) atoms. The fourth-order valence-electron chi connectivity index (χ4n) is 3.18. The summed E-state index contributed by atoms with van der Waals surface area (Å²) in [4.78, 5) is 0. The molecule has 0 spiro atoms. The highest BCUT2D eigenvalue weighted by Gasteiger charge is 2.49. The molecular weight excluding hydrogens is 308 g/mol. The molecule has 2 aromatic carbocycles. The lowest BCUT2D eigenvalue weighted by atomic mass is 10.2. The molecule has 0 aliphatic carbocycles. The fourth-order valence-corrected chi connectivity index (χ4v) is 7.69. The van der Waals surface area contributed by atoms with Crippen LogP contribution in [0.4, 0.5) is 0 Å². The summed E-state index contributed by atoms with van der Waals surface area (Å²) >= 11 is 0. The molecule has 0 atom stereocenters. The van der Waals surface area contributed by atoms with Crippen molar-refractivity contribution in [2.75, 3.05) is 6.61 Å². The Bertz CT molecular complexity index is 641. The Labute approximate surface area is 147 Å². The molecule has 0 aromatic heterocycles. The second-order valence-electron chi connectivity index (χ2n) is 7.22. The van der Waals surface area contributed by atoms with E-state index in [2.05, 4.69) is 94.1 Å². The quantitative estimate of drug-likeness (QED) is 0.549. The molecule has 0 aliphatic rings. The van der Waals surface area contributed by atoms with E-state index < -0.39 is 8.32 Å². The molecule has 0 fully saturated rings. The lowest BCUT2D eigenvalue weighted by Crippen LogP contribution is -2.66. The van der Waals surface area contributed by atoms with Gasteiger partial charge in [-0.1, -0.05) is 106 Å². The first-order chi connectivity index (χ1) is 11.4. The van der Waals surface area contributed by atoms with Crippen molar-refractivity contribution >= 4 is 18.7 Å². The zero-order valence-electron chi connectivity index (χ0n) is 15.3. The highest BCUT2D eigenvalue weighted by atomic mass is 28.4. The number of hydrogen-bond donors (Lipinski definition) is 0. The zero-order chi connectivity index (χ0) is 17.6. The summed E-state index contributed by atoms with van der Waals surface area (Å²) < 4.78 is 6.73. The van der Waals surface area contributed by atoms with Crippen LogP contribution in [0.15, 0.2) is 85.0 Å². The van der Waals surface area contributed by atoms with Gasteiger partial charge in [-0.3, -0.25) is 0 Å². The van der Waals surface area contributed by atoms with Gasteiger partial charge in [-0.15, -0.1) is 0 Å². The maximum absolute atomic E-state index is 6.73. The van der Waals surface area contributed by atoms with Crippen molar-refractivity contribution < 1.29 is 4.43 Å². The average molecular weight is 337 g/mol. The van der Waals surface area contributed by atoms with E-state index in [1.807, 2.05) is 13.0 Å². The molecule has 0 unspecified atom stereocenters. The van der Waals surface area contributed by atoms with E-state index in [0.29, 0.717) is 6.61 Å². The molecule has 0 bridgehead atoms. The summed E-state index contributed by atoms with van der Waals surface area (Å²) in [5.41, 5.74) is 1.04. The molecule has 0 amide bonds. The normalized spacial score (nSPS) is 12.5. The van der Waals surface area contributed by atoms with Crippen molar-refractivity contribution in [1.29, 1.82) is 0 Å². The van der Waals surface area contributed by atoms with Gasteiger partial charge in [0.15, 0.2) is 0 Å². The number of benzene rings is 2. The van der Waals surface area contributed by atoms with Gasteiger partial charge >= 0.3 is 0 Å². The van der Waals surface area contributed by atoms with Crippen LogP contribution >= 0.6 is 0 Å². The third kappa shape index (κ3) is 3.95. The summed E-state index contributed by atoms with van der Waals surface area (Å²) in [6.45, 7) is 13.4. The Morgan fingerprint density at radius 1 is 0.958 bits per heavy atom. The van der Waals surface area contributed by atoms with E-state index in [0.717, 1.165) is 5.57 Å². The smallest absolute Gasteiger partial charge is 0.261 e. The second-order valence-corrected chi connectivity index (χ2v) is 11.5. The van der Waals surface area contributed by atoms with Gasteiger partial charge < -0.3 is 4.43 Å². The molecule has 0 N–H and O–H groups in total. The predicted octanol–water partition coefficient (Wildman–Crippen LogP) is 4.70. The summed E-state index contributed by atoms with van der Waals surface area (Å²) in [6.07, 6.45) is 4.10. The summed E-state index contributed by atoms with van der Waals surface area (Å²) in [5.74, 6) is 0. The van der Waals surface area contributed by atoms with Crippen molar-refractivity contribution in [3.8, 4) is 0 Å². The van der Waals surface area contributed by atoms with E-state index in [1.54, 1.807) is 0 Å². The molecule has 1 nitrogen and oxygen atoms in total. The van der Waals surface area contributed by atoms with E-state index in [1.165, 1.54) is 10.4 Å². The first kappa shape index (κ1) is 18.4. The summed E-state index contributed by atoms with van der Waals surface area (Å²) in [7, 11) is -2.40. The first-order valence-electron chi connectivity index (χ1n) is 8.45. The van der Waals surface area contributed by atoms with E-state index in [4.69, 9.17) is 4.43 Å². The maximum Gasteiger partial charge on any atom is 0.261 e. The molecule has 0 saturated carbocycles. The zero-order valence-corrected chi connectivity index (χ0v) is 16.3. The van der Waals surface area contributed by atoms with Crippen LogP contribution in [-0.2, 0) is 4.43 Å².